The quantitative estimate of drug-likeness (QED) is 0.726. The van der Waals surface area contributed by atoms with Gasteiger partial charge in [0.25, 0.3) is 0 Å². The van der Waals surface area contributed by atoms with Gasteiger partial charge >= 0.3 is 0 Å². The van der Waals surface area contributed by atoms with Gasteiger partial charge in [-0.05, 0) is 19.4 Å². The molecule has 0 radical (unpaired) electrons. The Morgan fingerprint density at radius 2 is 2.67 bits per heavy atom. The molecule has 66 valence electrons. The standard InChI is InChI=1S/C8H13N3S/c1-2-7(6-9-3-1)11-8-10-4-5-12-8/h4-5,7,9H,1-3,6H2,(H,10,11)/t7-/m1/s1. The smallest absolute Gasteiger partial charge is 0.182 e. The summed E-state index contributed by atoms with van der Waals surface area (Å²) in [4.78, 5) is 4.19. The Kier molecular flexibility index (Phi) is 2.58. The van der Waals surface area contributed by atoms with E-state index in [2.05, 4.69) is 15.6 Å². The first kappa shape index (κ1) is 8.01. The lowest BCUT2D eigenvalue weighted by molar-refractivity contribution is 0.480. The molecule has 0 aliphatic carbocycles. The number of anilines is 1. The highest BCUT2D eigenvalue weighted by Gasteiger charge is 2.12. The average Bonchev–Trinajstić information content (AvgIpc) is 2.59. The molecule has 1 aromatic heterocycles. The minimum absolute atomic E-state index is 0.574. The molecule has 4 heteroatoms. The van der Waals surface area contributed by atoms with Crippen LogP contribution in [0.5, 0.6) is 0 Å². The van der Waals surface area contributed by atoms with Gasteiger partial charge in [0.05, 0.1) is 0 Å². The fourth-order valence-electron chi connectivity index (χ4n) is 1.44. The van der Waals surface area contributed by atoms with Crippen molar-refractivity contribution in [3.05, 3.63) is 11.6 Å². The fraction of sp³-hybridized carbons (Fsp3) is 0.625. The van der Waals surface area contributed by atoms with E-state index < -0.39 is 0 Å². The lowest BCUT2D eigenvalue weighted by Gasteiger charge is -2.23. The van der Waals surface area contributed by atoms with Crippen LogP contribution >= 0.6 is 11.3 Å². The van der Waals surface area contributed by atoms with E-state index in [-0.39, 0.29) is 0 Å². The monoisotopic (exact) mass is 183 g/mol. The van der Waals surface area contributed by atoms with Crippen molar-refractivity contribution in [1.82, 2.24) is 10.3 Å². The van der Waals surface area contributed by atoms with Gasteiger partial charge in [-0.1, -0.05) is 0 Å². The van der Waals surface area contributed by atoms with Crippen LogP contribution < -0.4 is 10.6 Å². The maximum Gasteiger partial charge on any atom is 0.182 e. The van der Waals surface area contributed by atoms with E-state index >= 15 is 0 Å². The number of thiazole rings is 1. The van der Waals surface area contributed by atoms with E-state index in [4.69, 9.17) is 0 Å². The fourth-order valence-corrected chi connectivity index (χ4v) is 2.05. The number of hydrogen-bond acceptors (Lipinski definition) is 4. The predicted octanol–water partition coefficient (Wildman–Crippen LogP) is 1.31. The zero-order valence-electron chi connectivity index (χ0n) is 6.92. The molecule has 0 amide bonds. The summed E-state index contributed by atoms with van der Waals surface area (Å²) in [6, 6.07) is 0.574. The zero-order valence-corrected chi connectivity index (χ0v) is 7.73. The number of piperidine rings is 1. The molecule has 0 unspecified atom stereocenters. The second kappa shape index (κ2) is 3.87. The summed E-state index contributed by atoms with van der Waals surface area (Å²) in [5.74, 6) is 0. The van der Waals surface area contributed by atoms with Crippen molar-refractivity contribution in [1.29, 1.82) is 0 Å². The van der Waals surface area contributed by atoms with Crippen molar-refractivity contribution in [2.24, 2.45) is 0 Å². The second-order valence-corrected chi connectivity index (χ2v) is 3.92. The van der Waals surface area contributed by atoms with Crippen LogP contribution in [-0.4, -0.2) is 24.1 Å². The van der Waals surface area contributed by atoms with Crippen LogP contribution in [0.25, 0.3) is 0 Å². The highest BCUT2D eigenvalue weighted by molar-refractivity contribution is 7.13. The summed E-state index contributed by atoms with van der Waals surface area (Å²) < 4.78 is 0. The van der Waals surface area contributed by atoms with Crippen LogP contribution in [0.2, 0.25) is 0 Å². The summed E-state index contributed by atoms with van der Waals surface area (Å²) in [5.41, 5.74) is 0. The molecule has 0 aromatic carbocycles. The molecule has 1 fully saturated rings. The van der Waals surface area contributed by atoms with Gasteiger partial charge in [-0.15, -0.1) is 11.3 Å². The molecule has 2 heterocycles. The topological polar surface area (TPSA) is 37.0 Å². The molecule has 1 saturated heterocycles. The number of nitrogens with zero attached hydrogens (tertiary/aromatic N) is 1. The molecule has 0 saturated carbocycles. The summed E-state index contributed by atoms with van der Waals surface area (Å²) in [5, 5.41) is 9.81. The van der Waals surface area contributed by atoms with Crippen LogP contribution in [0.15, 0.2) is 11.6 Å². The second-order valence-electron chi connectivity index (χ2n) is 3.02. The zero-order chi connectivity index (χ0) is 8.23. The normalized spacial score (nSPS) is 23.8. The third-order valence-corrected chi connectivity index (χ3v) is 2.76. The predicted molar refractivity (Wildman–Crippen MR) is 51.6 cm³/mol. The SMILES string of the molecule is c1csc(N[C@@H]2CCCNC2)n1. The van der Waals surface area contributed by atoms with Crippen LogP contribution in [-0.2, 0) is 0 Å². The van der Waals surface area contributed by atoms with Gasteiger partial charge in [-0.25, -0.2) is 4.98 Å². The molecule has 2 rings (SSSR count). The Morgan fingerprint density at radius 3 is 3.33 bits per heavy atom. The molecule has 2 N–H and O–H groups in total. The Morgan fingerprint density at radius 1 is 1.67 bits per heavy atom. The van der Waals surface area contributed by atoms with E-state index in [1.54, 1.807) is 11.3 Å². The molecule has 3 nitrogen and oxygen atoms in total. The lowest BCUT2D eigenvalue weighted by Crippen LogP contribution is -2.38. The molecule has 0 spiro atoms. The third-order valence-electron chi connectivity index (χ3n) is 2.06. The first-order valence-electron chi connectivity index (χ1n) is 4.32. The van der Waals surface area contributed by atoms with Crippen molar-refractivity contribution >= 4 is 16.5 Å². The highest BCUT2D eigenvalue weighted by atomic mass is 32.1. The molecule has 1 aliphatic heterocycles. The summed E-state index contributed by atoms with van der Waals surface area (Å²) in [7, 11) is 0. The minimum Gasteiger partial charge on any atom is -0.358 e. The Labute approximate surface area is 76.2 Å². The number of hydrogen-bond donors (Lipinski definition) is 2. The Bertz CT molecular complexity index is 216. The van der Waals surface area contributed by atoms with Gasteiger partial charge < -0.3 is 10.6 Å². The molecular weight excluding hydrogens is 170 g/mol. The van der Waals surface area contributed by atoms with Crippen molar-refractivity contribution < 1.29 is 0 Å². The van der Waals surface area contributed by atoms with Gasteiger partial charge in [0.15, 0.2) is 5.13 Å². The summed E-state index contributed by atoms with van der Waals surface area (Å²) in [6.07, 6.45) is 4.36. The Balaban J connectivity index is 1.86. The van der Waals surface area contributed by atoms with Crippen molar-refractivity contribution in [3.8, 4) is 0 Å². The van der Waals surface area contributed by atoms with Crippen molar-refractivity contribution in [3.63, 3.8) is 0 Å². The summed E-state index contributed by atoms with van der Waals surface area (Å²) >= 11 is 1.67. The molecule has 1 aromatic rings. The van der Waals surface area contributed by atoms with E-state index in [9.17, 15) is 0 Å². The van der Waals surface area contributed by atoms with Crippen LogP contribution in [0.3, 0.4) is 0 Å². The number of aromatic nitrogens is 1. The molecule has 1 atom stereocenters. The number of rotatable bonds is 2. The van der Waals surface area contributed by atoms with E-state index in [0.29, 0.717) is 6.04 Å². The van der Waals surface area contributed by atoms with Gasteiger partial charge in [0.1, 0.15) is 0 Å². The largest absolute Gasteiger partial charge is 0.358 e. The van der Waals surface area contributed by atoms with Crippen LogP contribution in [0, 0.1) is 0 Å². The van der Waals surface area contributed by atoms with Gasteiger partial charge in [-0.2, -0.15) is 0 Å². The molecule has 12 heavy (non-hydrogen) atoms. The van der Waals surface area contributed by atoms with E-state index in [1.807, 2.05) is 11.6 Å². The van der Waals surface area contributed by atoms with Crippen molar-refractivity contribution in [2.45, 2.75) is 18.9 Å². The lowest BCUT2D eigenvalue weighted by atomic mass is 10.1. The van der Waals surface area contributed by atoms with Gasteiger partial charge in [-0.3, -0.25) is 0 Å². The van der Waals surface area contributed by atoms with Crippen LogP contribution in [0.4, 0.5) is 5.13 Å². The molecular formula is C8H13N3S. The van der Waals surface area contributed by atoms with E-state index in [1.165, 1.54) is 12.8 Å². The van der Waals surface area contributed by atoms with Gasteiger partial charge in [0, 0.05) is 24.2 Å². The first-order valence-corrected chi connectivity index (χ1v) is 5.20. The van der Waals surface area contributed by atoms with Crippen LogP contribution in [0.1, 0.15) is 12.8 Å². The maximum absolute atomic E-state index is 4.19. The Hall–Kier alpha value is -0.610. The maximum atomic E-state index is 4.19. The van der Waals surface area contributed by atoms with E-state index in [0.717, 1.165) is 18.2 Å². The number of nitrogens with one attached hydrogen (secondary N) is 2. The molecule has 1 aliphatic rings. The third kappa shape index (κ3) is 1.95. The first-order chi connectivity index (χ1) is 5.95. The van der Waals surface area contributed by atoms with Gasteiger partial charge in [0.2, 0.25) is 0 Å². The molecule has 0 bridgehead atoms. The summed E-state index contributed by atoms with van der Waals surface area (Å²) in [6.45, 7) is 2.23. The average molecular weight is 183 g/mol. The minimum atomic E-state index is 0.574. The van der Waals surface area contributed by atoms with Crippen molar-refractivity contribution in [2.75, 3.05) is 18.4 Å². The highest BCUT2D eigenvalue weighted by Crippen LogP contribution is 2.14.